The first-order valence-corrected chi connectivity index (χ1v) is 9.02. The van der Waals surface area contributed by atoms with E-state index in [0.717, 1.165) is 12.8 Å². The fraction of sp³-hybridized carbons (Fsp3) is 0.550. The first-order chi connectivity index (χ1) is 12.5. The van der Waals surface area contributed by atoms with E-state index in [2.05, 4.69) is 0 Å². The van der Waals surface area contributed by atoms with E-state index in [1.807, 2.05) is 0 Å². The lowest BCUT2D eigenvalue weighted by Crippen LogP contribution is -2.23. The molecular weight excluding hydrogens is 336 g/mol. The minimum Gasteiger partial charge on any atom is -0.481 e. The number of carbonyl (C=O) groups is 1. The third kappa shape index (κ3) is 15.8. The molecule has 0 heterocycles. The molecule has 0 aliphatic carbocycles. The molecule has 26 heavy (non-hydrogen) atoms. The van der Waals surface area contributed by atoms with E-state index in [1.54, 1.807) is 42.5 Å². The maximum absolute atomic E-state index is 10.4. The van der Waals surface area contributed by atoms with Crippen LogP contribution in [-0.4, -0.2) is 56.4 Å². The Labute approximate surface area is 155 Å². The van der Waals surface area contributed by atoms with Gasteiger partial charge in [-0.3, -0.25) is 4.79 Å². The van der Waals surface area contributed by atoms with E-state index in [-0.39, 0.29) is 13.0 Å². The van der Waals surface area contributed by atoms with Crippen molar-refractivity contribution in [2.45, 2.75) is 63.3 Å². The predicted octanol–water partition coefficient (Wildman–Crippen LogP) is 2.10. The van der Waals surface area contributed by atoms with Gasteiger partial charge in [0.2, 0.25) is 0 Å². The van der Waals surface area contributed by atoms with Crippen LogP contribution in [0.4, 0.5) is 0 Å². The van der Waals surface area contributed by atoms with Gasteiger partial charge in [-0.15, -0.1) is 0 Å². The number of rotatable bonds is 15. The molecule has 0 aromatic heterocycles. The van der Waals surface area contributed by atoms with Gasteiger partial charge in [-0.05, 0) is 25.7 Å². The highest BCUT2D eigenvalue weighted by atomic mass is 16.4. The number of unbranched alkanes of at least 4 members (excludes halogenated alkanes) is 2. The fourth-order valence-corrected chi connectivity index (χ4v) is 2.13. The highest BCUT2D eigenvalue weighted by molar-refractivity contribution is 5.66. The third-order valence-electron chi connectivity index (χ3n) is 3.64. The Morgan fingerprint density at radius 2 is 1.38 bits per heavy atom. The van der Waals surface area contributed by atoms with Gasteiger partial charge >= 0.3 is 5.97 Å². The topological polar surface area (TPSA) is 118 Å². The van der Waals surface area contributed by atoms with Gasteiger partial charge in [0.25, 0.3) is 0 Å². The van der Waals surface area contributed by atoms with Crippen LogP contribution in [0.2, 0.25) is 0 Å². The summed E-state index contributed by atoms with van der Waals surface area (Å²) in [4.78, 5) is 10.4. The van der Waals surface area contributed by atoms with Crippen molar-refractivity contribution < 1.29 is 30.3 Å². The van der Waals surface area contributed by atoms with Crippen LogP contribution in [0.1, 0.15) is 44.9 Å². The van der Waals surface area contributed by atoms with Crippen molar-refractivity contribution in [2.24, 2.45) is 0 Å². The number of aliphatic carboxylic acids is 1. The van der Waals surface area contributed by atoms with Crippen molar-refractivity contribution in [3.8, 4) is 0 Å². The summed E-state index contributed by atoms with van der Waals surface area (Å²) in [7, 11) is 0. The third-order valence-corrected chi connectivity index (χ3v) is 3.64. The van der Waals surface area contributed by atoms with Crippen LogP contribution in [0.15, 0.2) is 48.6 Å². The van der Waals surface area contributed by atoms with Gasteiger partial charge in [-0.2, -0.15) is 0 Å². The van der Waals surface area contributed by atoms with E-state index in [9.17, 15) is 20.1 Å². The Kier molecular flexibility index (Phi) is 15.6. The molecule has 3 unspecified atom stereocenters. The maximum atomic E-state index is 10.4. The summed E-state index contributed by atoms with van der Waals surface area (Å²) in [5.74, 6) is -0.862. The molecule has 0 bridgehead atoms. The zero-order valence-electron chi connectivity index (χ0n) is 15.2. The zero-order chi connectivity index (χ0) is 19.6. The lowest BCUT2D eigenvalue weighted by molar-refractivity contribution is -0.137. The van der Waals surface area contributed by atoms with Crippen LogP contribution in [0, 0.1) is 0 Å². The van der Waals surface area contributed by atoms with E-state index in [1.165, 1.54) is 6.08 Å². The molecule has 0 aliphatic rings. The Balaban J connectivity index is 3.94. The van der Waals surface area contributed by atoms with Crippen molar-refractivity contribution in [3.05, 3.63) is 48.6 Å². The van der Waals surface area contributed by atoms with E-state index >= 15 is 0 Å². The number of aliphatic hydroxyl groups is 4. The summed E-state index contributed by atoms with van der Waals surface area (Å²) < 4.78 is 0. The standard InChI is InChI=1S/C20H32O6/c21-16-9-5-8-14-19(24)18(23)13-7-4-2-1-3-6-11-17(22)12-10-15-20(25)26/h1-4,6-7,11,13,17-19,21-24H,5,8-10,12,14-16H2,(H,25,26). The molecule has 0 radical (unpaired) electrons. The van der Waals surface area contributed by atoms with Gasteiger partial charge in [0, 0.05) is 13.0 Å². The van der Waals surface area contributed by atoms with Crippen LogP contribution in [0.3, 0.4) is 0 Å². The first-order valence-electron chi connectivity index (χ1n) is 9.02. The average Bonchev–Trinajstić information content (AvgIpc) is 2.60. The largest absolute Gasteiger partial charge is 0.481 e. The highest BCUT2D eigenvalue weighted by Crippen LogP contribution is 2.08. The SMILES string of the molecule is O=C(O)CCCC(O)C=CC=CC=CC=CC(O)C(O)CCCCCO. The van der Waals surface area contributed by atoms with Gasteiger partial charge in [-0.1, -0.05) is 61.4 Å². The number of carboxylic acids is 1. The first kappa shape index (κ1) is 24.3. The molecule has 5 N–H and O–H groups in total. The number of hydrogen-bond donors (Lipinski definition) is 5. The zero-order valence-corrected chi connectivity index (χ0v) is 15.2. The minimum absolute atomic E-state index is 0.0546. The highest BCUT2D eigenvalue weighted by Gasteiger charge is 2.11. The van der Waals surface area contributed by atoms with Crippen molar-refractivity contribution in [1.82, 2.24) is 0 Å². The van der Waals surface area contributed by atoms with E-state index < -0.39 is 24.3 Å². The van der Waals surface area contributed by atoms with Gasteiger partial charge in [0.05, 0.1) is 18.3 Å². The molecule has 0 amide bonds. The number of carboxylic acid groups (broad SMARTS) is 1. The summed E-state index contributed by atoms with van der Waals surface area (Å²) in [6.45, 7) is 0.149. The van der Waals surface area contributed by atoms with Crippen LogP contribution < -0.4 is 0 Å². The normalized spacial score (nSPS) is 16.2. The summed E-state index contributed by atoms with van der Waals surface area (Å²) in [5.41, 5.74) is 0. The van der Waals surface area contributed by atoms with Crippen molar-refractivity contribution in [1.29, 1.82) is 0 Å². The van der Waals surface area contributed by atoms with E-state index in [0.29, 0.717) is 25.7 Å². The molecule has 6 heteroatoms. The molecule has 6 nitrogen and oxygen atoms in total. The van der Waals surface area contributed by atoms with Gasteiger partial charge in [-0.25, -0.2) is 0 Å². The summed E-state index contributed by atoms with van der Waals surface area (Å²) in [6, 6.07) is 0. The van der Waals surface area contributed by atoms with Gasteiger partial charge in [0.1, 0.15) is 0 Å². The number of aliphatic hydroxyl groups excluding tert-OH is 4. The lowest BCUT2D eigenvalue weighted by Gasteiger charge is -2.13. The van der Waals surface area contributed by atoms with Crippen LogP contribution in [0.25, 0.3) is 0 Å². The van der Waals surface area contributed by atoms with Crippen LogP contribution >= 0.6 is 0 Å². The summed E-state index contributed by atoms with van der Waals surface area (Å²) in [5, 5.41) is 46.3. The van der Waals surface area contributed by atoms with Crippen molar-refractivity contribution in [3.63, 3.8) is 0 Å². The van der Waals surface area contributed by atoms with Crippen molar-refractivity contribution >= 4 is 5.97 Å². The van der Waals surface area contributed by atoms with Gasteiger partial charge in [0.15, 0.2) is 0 Å². The number of allylic oxidation sites excluding steroid dienone is 6. The summed E-state index contributed by atoms with van der Waals surface area (Å²) in [6.07, 6.45) is 14.7. The molecule has 0 aromatic rings. The Hall–Kier alpha value is -1.73. The molecule has 3 atom stereocenters. The summed E-state index contributed by atoms with van der Waals surface area (Å²) >= 11 is 0. The Morgan fingerprint density at radius 1 is 0.769 bits per heavy atom. The molecule has 0 saturated heterocycles. The Morgan fingerprint density at radius 3 is 2.00 bits per heavy atom. The van der Waals surface area contributed by atoms with E-state index in [4.69, 9.17) is 10.2 Å². The molecule has 0 saturated carbocycles. The predicted molar refractivity (Wildman–Crippen MR) is 102 cm³/mol. The molecule has 0 aromatic carbocycles. The second-order valence-electron chi connectivity index (χ2n) is 6.02. The molecule has 148 valence electrons. The Bertz CT molecular complexity index is 467. The maximum Gasteiger partial charge on any atom is 0.303 e. The fourth-order valence-electron chi connectivity index (χ4n) is 2.13. The van der Waals surface area contributed by atoms with Crippen LogP contribution in [0.5, 0.6) is 0 Å². The number of hydrogen-bond acceptors (Lipinski definition) is 5. The second-order valence-corrected chi connectivity index (χ2v) is 6.02. The van der Waals surface area contributed by atoms with Crippen molar-refractivity contribution in [2.75, 3.05) is 6.61 Å². The monoisotopic (exact) mass is 368 g/mol. The minimum atomic E-state index is -0.918. The molecule has 0 fully saturated rings. The van der Waals surface area contributed by atoms with Gasteiger partial charge < -0.3 is 25.5 Å². The second kappa shape index (κ2) is 16.7. The van der Waals surface area contributed by atoms with Crippen LogP contribution in [-0.2, 0) is 4.79 Å². The molecule has 0 aliphatic heterocycles. The molecule has 0 rings (SSSR count). The smallest absolute Gasteiger partial charge is 0.303 e. The lowest BCUT2D eigenvalue weighted by atomic mass is 10.1. The molecular formula is C20H32O6. The quantitative estimate of drug-likeness (QED) is 0.223. The average molecular weight is 368 g/mol. The molecule has 0 spiro atoms.